The van der Waals surface area contributed by atoms with E-state index >= 15 is 0 Å². The van der Waals surface area contributed by atoms with Crippen molar-refractivity contribution in [2.75, 3.05) is 17.7 Å². The van der Waals surface area contributed by atoms with E-state index in [9.17, 15) is 0 Å². The number of aromatic nitrogens is 3. The number of anilines is 2. The molecule has 114 valence electrons. The van der Waals surface area contributed by atoms with Crippen LogP contribution in [-0.2, 0) is 13.0 Å². The van der Waals surface area contributed by atoms with Crippen LogP contribution in [0.5, 0.6) is 6.01 Å². The van der Waals surface area contributed by atoms with Gasteiger partial charge in [-0.25, -0.2) is 0 Å². The van der Waals surface area contributed by atoms with Gasteiger partial charge in [-0.15, -0.1) is 11.3 Å². The van der Waals surface area contributed by atoms with Gasteiger partial charge >= 0.3 is 6.01 Å². The van der Waals surface area contributed by atoms with Crippen molar-refractivity contribution in [1.29, 1.82) is 0 Å². The molecule has 2 rings (SSSR count). The van der Waals surface area contributed by atoms with Gasteiger partial charge in [0.2, 0.25) is 11.9 Å². The molecule has 2 N–H and O–H groups in total. The van der Waals surface area contributed by atoms with E-state index in [1.165, 1.54) is 9.75 Å². The van der Waals surface area contributed by atoms with Crippen molar-refractivity contribution in [1.82, 2.24) is 15.0 Å². The number of aryl methyl sites for hydroxylation is 1. The number of hydrogen-bond acceptors (Lipinski definition) is 7. The Bertz CT molecular complexity index is 584. The summed E-state index contributed by atoms with van der Waals surface area (Å²) in [6.45, 7) is 6.73. The predicted octanol–water partition coefficient (Wildman–Crippen LogP) is 2.94. The Morgan fingerprint density at radius 2 is 1.86 bits per heavy atom. The topological polar surface area (TPSA) is 72.0 Å². The summed E-state index contributed by atoms with van der Waals surface area (Å²) in [6, 6.07) is 4.61. The van der Waals surface area contributed by atoms with Crippen LogP contribution in [0, 0.1) is 0 Å². The van der Waals surface area contributed by atoms with Crippen molar-refractivity contribution in [2.24, 2.45) is 0 Å². The Hall–Kier alpha value is -1.89. The monoisotopic (exact) mass is 307 g/mol. The summed E-state index contributed by atoms with van der Waals surface area (Å²) in [6.07, 6.45) is 1.08. The Morgan fingerprint density at radius 1 is 1.14 bits per heavy atom. The molecule has 0 aliphatic heterocycles. The summed E-state index contributed by atoms with van der Waals surface area (Å²) in [5.41, 5.74) is 0. The highest BCUT2D eigenvalue weighted by Crippen LogP contribution is 2.18. The summed E-state index contributed by atoms with van der Waals surface area (Å²) in [5.74, 6) is 1.00. The van der Waals surface area contributed by atoms with Crippen molar-refractivity contribution in [3.8, 4) is 6.01 Å². The van der Waals surface area contributed by atoms with E-state index in [1.807, 2.05) is 13.8 Å². The van der Waals surface area contributed by atoms with Gasteiger partial charge in [0.25, 0.3) is 0 Å². The molecule has 21 heavy (non-hydrogen) atoms. The molecule has 0 spiro atoms. The average molecular weight is 307 g/mol. The Morgan fingerprint density at radius 3 is 2.48 bits per heavy atom. The highest BCUT2D eigenvalue weighted by molar-refractivity contribution is 7.12. The molecule has 2 aromatic rings. The molecule has 0 aliphatic carbocycles. The lowest BCUT2D eigenvalue weighted by atomic mass is 10.4. The van der Waals surface area contributed by atoms with Crippen LogP contribution in [-0.4, -0.2) is 28.1 Å². The van der Waals surface area contributed by atoms with Crippen LogP contribution in [0.25, 0.3) is 0 Å². The Kier molecular flexibility index (Phi) is 5.32. The Balaban J connectivity index is 2.07. The first-order valence-corrected chi connectivity index (χ1v) is 7.84. The fourth-order valence-electron chi connectivity index (χ4n) is 1.68. The van der Waals surface area contributed by atoms with Gasteiger partial charge in [-0.2, -0.15) is 15.0 Å². The highest BCUT2D eigenvalue weighted by Gasteiger charge is 2.08. The zero-order chi connectivity index (χ0) is 15.2. The largest absolute Gasteiger partial charge is 0.461 e. The predicted molar refractivity (Wildman–Crippen MR) is 86.2 cm³/mol. The molecule has 6 nitrogen and oxygen atoms in total. The second-order valence-electron chi connectivity index (χ2n) is 4.76. The maximum atomic E-state index is 5.53. The maximum Gasteiger partial charge on any atom is 0.323 e. The number of nitrogens with zero attached hydrogens (tertiary/aromatic N) is 3. The second kappa shape index (κ2) is 7.21. The van der Waals surface area contributed by atoms with Crippen LogP contribution >= 0.6 is 11.3 Å². The first-order valence-electron chi connectivity index (χ1n) is 7.02. The molecule has 0 radical (unpaired) electrons. The lowest BCUT2D eigenvalue weighted by Gasteiger charge is -2.10. The molecule has 2 aromatic heterocycles. The minimum atomic E-state index is 0.0226. The first kappa shape index (κ1) is 15.5. The summed E-state index contributed by atoms with van der Waals surface area (Å²) in [5, 5.41) is 6.13. The number of ether oxygens (including phenoxy) is 1. The zero-order valence-corrected chi connectivity index (χ0v) is 13.6. The summed E-state index contributed by atoms with van der Waals surface area (Å²) < 4.78 is 5.53. The molecular formula is C14H21N5OS. The van der Waals surface area contributed by atoms with Crippen molar-refractivity contribution in [3.05, 3.63) is 21.9 Å². The van der Waals surface area contributed by atoms with Crippen LogP contribution < -0.4 is 15.4 Å². The molecule has 0 bridgehead atoms. The van der Waals surface area contributed by atoms with E-state index in [4.69, 9.17) is 4.74 Å². The average Bonchev–Trinajstić information content (AvgIpc) is 2.92. The van der Waals surface area contributed by atoms with Crippen LogP contribution in [0.2, 0.25) is 0 Å². The fraction of sp³-hybridized carbons (Fsp3) is 0.500. The van der Waals surface area contributed by atoms with Crippen molar-refractivity contribution in [3.63, 3.8) is 0 Å². The molecule has 0 saturated heterocycles. The van der Waals surface area contributed by atoms with E-state index in [2.05, 4.69) is 44.6 Å². The van der Waals surface area contributed by atoms with E-state index in [0.29, 0.717) is 24.5 Å². The van der Waals surface area contributed by atoms with E-state index in [1.54, 1.807) is 18.4 Å². The summed E-state index contributed by atoms with van der Waals surface area (Å²) in [7, 11) is 1.77. The van der Waals surface area contributed by atoms with Crippen LogP contribution in [0.1, 0.15) is 30.5 Å². The third kappa shape index (κ3) is 4.56. The second-order valence-corrected chi connectivity index (χ2v) is 6.01. The quantitative estimate of drug-likeness (QED) is 0.819. The van der Waals surface area contributed by atoms with Gasteiger partial charge in [-0.1, -0.05) is 6.92 Å². The first-order chi connectivity index (χ1) is 10.1. The molecule has 0 unspecified atom stereocenters. The molecule has 0 aliphatic rings. The van der Waals surface area contributed by atoms with Gasteiger partial charge in [0, 0.05) is 16.8 Å². The molecule has 0 atom stereocenters. The van der Waals surface area contributed by atoms with Crippen LogP contribution in [0.15, 0.2) is 12.1 Å². The fourth-order valence-corrected chi connectivity index (χ4v) is 2.58. The van der Waals surface area contributed by atoms with E-state index < -0.39 is 0 Å². The summed E-state index contributed by atoms with van der Waals surface area (Å²) >= 11 is 1.80. The molecule has 0 saturated carbocycles. The maximum absolute atomic E-state index is 5.53. The molecular weight excluding hydrogens is 286 g/mol. The third-order valence-electron chi connectivity index (χ3n) is 2.67. The van der Waals surface area contributed by atoms with Gasteiger partial charge in [0.15, 0.2) is 0 Å². The SMILES string of the molecule is CCc1ccc(CNc2nc(NC)nc(OC(C)C)n2)s1. The number of nitrogens with one attached hydrogen (secondary N) is 2. The molecule has 7 heteroatoms. The molecule has 0 amide bonds. The van der Waals surface area contributed by atoms with Crippen molar-refractivity contribution < 1.29 is 4.74 Å². The number of rotatable bonds is 7. The van der Waals surface area contributed by atoms with Gasteiger partial charge in [-0.3, -0.25) is 0 Å². The lowest BCUT2D eigenvalue weighted by Crippen LogP contribution is -2.12. The third-order valence-corrected chi connectivity index (χ3v) is 3.90. The van der Waals surface area contributed by atoms with Gasteiger partial charge in [0.05, 0.1) is 12.6 Å². The number of hydrogen-bond donors (Lipinski definition) is 2. The summed E-state index contributed by atoms with van der Waals surface area (Å²) in [4.78, 5) is 15.4. The Labute approximate surface area is 129 Å². The highest BCUT2D eigenvalue weighted by atomic mass is 32.1. The lowest BCUT2D eigenvalue weighted by molar-refractivity contribution is 0.222. The molecule has 0 fully saturated rings. The molecule has 0 aromatic carbocycles. The van der Waals surface area contributed by atoms with Gasteiger partial charge in [0.1, 0.15) is 0 Å². The van der Waals surface area contributed by atoms with Gasteiger partial charge in [-0.05, 0) is 32.4 Å². The zero-order valence-electron chi connectivity index (χ0n) is 12.8. The smallest absolute Gasteiger partial charge is 0.323 e. The number of thiophene rings is 1. The molecule has 2 heterocycles. The van der Waals surface area contributed by atoms with Crippen molar-refractivity contribution in [2.45, 2.75) is 39.8 Å². The van der Waals surface area contributed by atoms with E-state index in [-0.39, 0.29) is 6.10 Å². The van der Waals surface area contributed by atoms with Crippen LogP contribution in [0.3, 0.4) is 0 Å². The standard InChI is InChI=1S/C14H21N5OS/c1-5-10-6-7-11(21-10)8-16-13-17-12(15-4)18-14(19-13)20-9(2)3/h6-7,9H,5,8H2,1-4H3,(H2,15,16,17,18,19). The van der Waals surface area contributed by atoms with E-state index in [0.717, 1.165) is 6.42 Å². The van der Waals surface area contributed by atoms with Crippen molar-refractivity contribution >= 4 is 23.2 Å². The minimum Gasteiger partial charge on any atom is -0.461 e. The van der Waals surface area contributed by atoms with Gasteiger partial charge < -0.3 is 15.4 Å². The van der Waals surface area contributed by atoms with Crippen LogP contribution in [0.4, 0.5) is 11.9 Å². The normalized spacial score (nSPS) is 10.7. The minimum absolute atomic E-state index is 0.0226.